The van der Waals surface area contributed by atoms with Crippen molar-refractivity contribution in [2.24, 2.45) is 5.41 Å². The highest BCUT2D eigenvalue weighted by molar-refractivity contribution is 6.12. The molecule has 0 saturated heterocycles. The van der Waals surface area contributed by atoms with Gasteiger partial charge in [0.2, 0.25) is 0 Å². The first-order chi connectivity index (χ1) is 11.9. The molecule has 0 amide bonds. The summed E-state index contributed by atoms with van der Waals surface area (Å²) in [7, 11) is 0. The van der Waals surface area contributed by atoms with Crippen LogP contribution < -0.4 is 0 Å². The predicted molar refractivity (Wildman–Crippen MR) is 94.9 cm³/mol. The summed E-state index contributed by atoms with van der Waals surface area (Å²) in [4.78, 5) is 0. The third kappa shape index (κ3) is 3.07. The normalized spacial score (nSPS) is 12.4. The fraction of sp³-hybridized carbons (Fsp3) is 0.238. The lowest BCUT2D eigenvalue weighted by atomic mass is 9.84. The Morgan fingerprint density at radius 3 is 1.60 bits per heavy atom. The zero-order valence-electron chi connectivity index (χ0n) is 14.4. The first-order valence-electron chi connectivity index (χ1n) is 7.86. The minimum atomic E-state index is -0.222. The van der Waals surface area contributed by atoms with Crippen molar-refractivity contribution in [1.29, 1.82) is 21.0 Å². The number of rotatable bonds is 2. The van der Waals surface area contributed by atoms with Gasteiger partial charge in [-0.25, -0.2) is 0 Å². The summed E-state index contributed by atoms with van der Waals surface area (Å²) in [5.74, 6) is 0. The molecule has 2 rings (SSSR count). The zero-order valence-corrected chi connectivity index (χ0v) is 14.4. The van der Waals surface area contributed by atoms with Crippen LogP contribution in [-0.4, -0.2) is 0 Å². The van der Waals surface area contributed by atoms with Crippen LogP contribution >= 0.6 is 0 Å². The Bertz CT molecular complexity index is 887. The molecule has 4 nitrogen and oxygen atoms in total. The lowest BCUT2D eigenvalue weighted by Gasteiger charge is -2.20. The Hall–Kier alpha value is -3.60. The first-order valence-corrected chi connectivity index (χ1v) is 7.86. The van der Waals surface area contributed by atoms with Gasteiger partial charge in [-0.05, 0) is 28.5 Å². The van der Waals surface area contributed by atoms with Gasteiger partial charge in [0.1, 0.15) is 35.4 Å². The Morgan fingerprint density at radius 2 is 1.28 bits per heavy atom. The molecule has 0 heterocycles. The van der Waals surface area contributed by atoms with Crippen molar-refractivity contribution in [2.75, 3.05) is 0 Å². The smallest absolute Gasteiger partial charge is 0.138 e. The van der Waals surface area contributed by atoms with E-state index in [0.717, 1.165) is 6.42 Å². The van der Waals surface area contributed by atoms with E-state index in [1.807, 2.05) is 75.4 Å². The third-order valence-electron chi connectivity index (χ3n) is 4.40. The van der Waals surface area contributed by atoms with E-state index in [0.29, 0.717) is 27.8 Å². The molecular weight excluding hydrogens is 308 g/mol. The Morgan fingerprint density at radius 1 is 0.880 bits per heavy atom. The molecule has 1 aliphatic rings. The highest BCUT2D eigenvalue weighted by Gasteiger charge is 2.33. The summed E-state index contributed by atoms with van der Waals surface area (Å²) in [5.41, 5.74) is 2.77. The van der Waals surface area contributed by atoms with E-state index in [1.165, 1.54) is 0 Å². The molecule has 4 heteroatoms. The van der Waals surface area contributed by atoms with Gasteiger partial charge in [0, 0.05) is 11.1 Å². The number of fused-ring (bicyclic) bond motifs is 1. The van der Waals surface area contributed by atoms with Crippen LogP contribution in [0.25, 0.3) is 11.1 Å². The number of hydrogen-bond acceptors (Lipinski definition) is 4. The van der Waals surface area contributed by atoms with Crippen molar-refractivity contribution in [3.63, 3.8) is 0 Å². The maximum Gasteiger partial charge on any atom is 0.138 e. The van der Waals surface area contributed by atoms with E-state index in [4.69, 9.17) is 0 Å². The maximum absolute atomic E-state index is 9.42. The second kappa shape index (κ2) is 6.88. The molecule has 0 saturated carbocycles. The van der Waals surface area contributed by atoms with Gasteiger partial charge < -0.3 is 0 Å². The minimum Gasteiger partial charge on any atom is -0.192 e. The van der Waals surface area contributed by atoms with Crippen molar-refractivity contribution in [2.45, 2.75) is 27.2 Å². The molecule has 0 bridgehead atoms. The first kappa shape index (κ1) is 17.7. The van der Waals surface area contributed by atoms with E-state index in [-0.39, 0.29) is 16.6 Å². The Labute approximate surface area is 147 Å². The Kier molecular flexibility index (Phi) is 4.89. The Balaban J connectivity index is 3.06. The van der Waals surface area contributed by atoms with Crippen molar-refractivity contribution < 1.29 is 0 Å². The molecule has 25 heavy (non-hydrogen) atoms. The van der Waals surface area contributed by atoms with Crippen LogP contribution in [0.15, 0.2) is 47.1 Å². The number of benzene rings is 1. The van der Waals surface area contributed by atoms with Crippen LogP contribution in [-0.2, 0) is 0 Å². The van der Waals surface area contributed by atoms with Gasteiger partial charge in [-0.3, -0.25) is 0 Å². The fourth-order valence-corrected chi connectivity index (χ4v) is 2.78. The summed E-state index contributed by atoms with van der Waals surface area (Å²) >= 11 is 0. The van der Waals surface area contributed by atoms with E-state index in [2.05, 4.69) is 0 Å². The summed E-state index contributed by atoms with van der Waals surface area (Å²) in [6.07, 6.45) is 2.79. The van der Waals surface area contributed by atoms with E-state index >= 15 is 0 Å². The summed E-state index contributed by atoms with van der Waals surface area (Å²) in [6.45, 7) is 6.11. The highest BCUT2D eigenvalue weighted by atomic mass is 14.4. The highest BCUT2D eigenvalue weighted by Crippen LogP contribution is 2.49. The molecule has 0 fully saturated rings. The maximum atomic E-state index is 9.42. The molecule has 0 unspecified atom stereocenters. The summed E-state index contributed by atoms with van der Waals surface area (Å²) < 4.78 is 0. The lowest BCUT2D eigenvalue weighted by molar-refractivity contribution is 0.461. The van der Waals surface area contributed by atoms with Crippen LogP contribution in [0.3, 0.4) is 0 Å². The standard InChI is InChI=1S/C21H16N4/c1-4-21(2,3)9-18-19(14(10-22)11-23)16-7-5-6-8-17(16)20(18)15(12-24)13-25/h5-9H,4H2,1-3H3. The molecule has 1 aromatic carbocycles. The van der Waals surface area contributed by atoms with Crippen molar-refractivity contribution in [1.82, 2.24) is 0 Å². The number of allylic oxidation sites excluding steroid dienone is 6. The summed E-state index contributed by atoms with van der Waals surface area (Å²) in [5, 5.41) is 37.7. The molecule has 1 aliphatic carbocycles. The van der Waals surface area contributed by atoms with Gasteiger partial charge in [0.25, 0.3) is 0 Å². The molecule has 0 radical (unpaired) electrons. The SMILES string of the molecule is CCC(C)(C)C=C1C(=C(C#N)C#N)c2ccccc2C1=C(C#N)C#N. The van der Waals surface area contributed by atoms with Crippen LogP contribution in [0, 0.1) is 50.7 Å². The van der Waals surface area contributed by atoms with Crippen LogP contribution in [0.4, 0.5) is 0 Å². The molecule has 1 aromatic rings. The quantitative estimate of drug-likeness (QED) is 0.739. The molecule has 0 aromatic heterocycles. The second-order valence-corrected chi connectivity index (χ2v) is 6.39. The van der Waals surface area contributed by atoms with Crippen LogP contribution in [0.1, 0.15) is 38.3 Å². The number of nitrogens with zero attached hydrogens (tertiary/aromatic N) is 4. The molecule has 0 N–H and O–H groups in total. The van der Waals surface area contributed by atoms with Gasteiger partial charge in [-0.2, -0.15) is 21.0 Å². The molecule has 120 valence electrons. The van der Waals surface area contributed by atoms with Gasteiger partial charge in [-0.1, -0.05) is 51.1 Å². The van der Waals surface area contributed by atoms with E-state index in [9.17, 15) is 21.0 Å². The number of hydrogen-bond donors (Lipinski definition) is 0. The van der Waals surface area contributed by atoms with Crippen molar-refractivity contribution >= 4 is 11.1 Å². The third-order valence-corrected chi connectivity index (χ3v) is 4.40. The zero-order chi connectivity index (χ0) is 18.6. The molecule has 0 atom stereocenters. The summed E-state index contributed by atoms with van der Waals surface area (Å²) in [6, 6.07) is 15.1. The lowest BCUT2D eigenvalue weighted by Crippen LogP contribution is -2.07. The van der Waals surface area contributed by atoms with Gasteiger partial charge in [0.15, 0.2) is 0 Å². The fourth-order valence-electron chi connectivity index (χ4n) is 2.78. The van der Waals surface area contributed by atoms with Gasteiger partial charge in [0.05, 0.1) is 0 Å². The van der Waals surface area contributed by atoms with Crippen LogP contribution in [0.5, 0.6) is 0 Å². The topological polar surface area (TPSA) is 95.2 Å². The van der Waals surface area contributed by atoms with Crippen LogP contribution in [0.2, 0.25) is 0 Å². The number of nitriles is 4. The minimum absolute atomic E-state index is 0.0177. The van der Waals surface area contributed by atoms with Gasteiger partial charge in [-0.15, -0.1) is 0 Å². The largest absolute Gasteiger partial charge is 0.192 e. The average molecular weight is 324 g/mol. The van der Waals surface area contributed by atoms with Crippen molar-refractivity contribution in [3.05, 3.63) is 58.2 Å². The monoisotopic (exact) mass is 324 g/mol. The predicted octanol–water partition coefficient (Wildman–Crippen LogP) is 4.66. The molecule has 0 spiro atoms. The molecule has 0 aliphatic heterocycles. The van der Waals surface area contributed by atoms with E-state index in [1.54, 1.807) is 0 Å². The van der Waals surface area contributed by atoms with E-state index < -0.39 is 0 Å². The molecular formula is C21H16N4. The second-order valence-electron chi connectivity index (χ2n) is 6.39. The average Bonchev–Trinajstić information content (AvgIpc) is 2.92. The van der Waals surface area contributed by atoms with Crippen molar-refractivity contribution in [3.8, 4) is 24.3 Å². The van der Waals surface area contributed by atoms with Gasteiger partial charge >= 0.3 is 0 Å².